The van der Waals surface area contributed by atoms with E-state index in [0.29, 0.717) is 47.7 Å². The molecule has 0 saturated heterocycles. The summed E-state index contributed by atoms with van der Waals surface area (Å²) in [5, 5.41) is 11.5. The van der Waals surface area contributed by atoms with Gasteiger partial charge in [0, 0.05) is 35.1 Å². The summed E-state index contributed by atoms with van der Waals surface area (Å²) in [6.45, 7) is 2.19. The van der Waals surface area contributed by atoms with E-state index in [2.05, 4.69) is 9.98 Å². The highest BCUT2D eigenvalue weighted by molar-refractivity contribution is 5.91. The molecule has 0 fully saturated rings. The minimum absolute atomic E-state index is 0.225. The first-order valence-corrected chi connectivity index (χ1v) is 10.9. The Labute approximate surface area is 188 Å². The van der Waals surface area contributed by atoms with Crippen LogP contribution in [0.2, 0.25) is 0 Å². The fourth-order valence-electron chi connectivity index (χ4n) is 4.73. The Balaban J connectivity index is 1.78. The van der Waals surface area contributed by atoms with E-state index in [9.17, 15) is 23.1 Å². The molecule has 8 heteroatoms. The first-order chi connectivity index (χ1) is 15.7. The summed E-state index contributed by atoms with van der Waals surface area (Å²) in [6.07, 6.45) is -3.43. The smallest absolute Gasteiger partial charge is 0.422 e. The first kappa shape index (κ1) is 23.0. The van der Waals surface area contributed by atoms with Crippen LogP contribution in [0.15, 0.2) is 64.4 Å². The number of benzene rings is 2. The fraction of sp³-hybridized carbons (Fsp3) is 0.360. The molecule has 2 unspecified atom stereocenters. The van der Waals surface area contributed by atoms with Gasteiger partial charge in [0.15, 0.2) is 5.60 Å². The molecule has 1 aliphatic rings. The standard InChI is InChI=1S/C25H25F3N2O3/c1-2-12-23(13-14-33-21-9-4-3-6-18(21)23)15-24(32,25(26,27)28)16-29-19-7-5-8-20-17(19)10-11-22(31)30-20/h3-11,16,32H,2,12-15H2,1H3,(H,30,31)/b29-16+. The second-order valence-corrected chi connectivity index (χ2v) is 8.54. The Morgan fingerprint density at radius 3 is 2.70 bits per heavy atom. The second-order valence-electron chi connectivity index (χ2n) is 8.54. The van der Waals surface area contributed by atoms with Crippen LogP contribution < -0.4 is 10.3 Å². The van der Waals surface area contributed by atoms with Crippen LogP contribution >= 0.6 is 0 Å². The molecule has 0 aliphatic carbocycles. The van der Waals surface area contributed by atoms with Crippen LogP contribution in [0.25, 0.3) is 10.9 Å². The number of fused-ring (bicyclic) bond motifs is 2. The van der Waals surface area contributed by atoms with E-state index in [1.807, 2.05) is 6.92 Å². The summed E-state index contributed by atoms with van der Waals surface area (Å²) < 4.78 is 48.6. The number of pyridine rings is 1. The summed E-state index contributed by atoms with van der Waals surface area (Å²) in [6, 6.07) is 14.6. The van der Waals surface area contributed by atoms with Gasteiger partial charge in [-0.05, 0) is 37.1 Å². The molecule has 0 amide bonds. The van der Waals surface area contributed by atoms with Crippen LogP contribution in [0, 0.1) is 0 Å². The van der Waals surface area contributed by atoms with Crippen molar-refractivity contribution in [2.75, 3.05) is 6.61 Å². The maximum Gasteiger partial charge on any atom is 0.422 e. The van der Waals surface area contributed by atoms with E-state index in [1.54, 1.807) is 42.5 Å². The monoisotopic (exact) mass is 458 g/mol. The van der Waals surface area contributed by atoms with Crippen LogP contribution in [0.3, 0.4) is 0 Å². The van der Waals surface area contributed by atoms with Gasteiger partial charge in [0.25, 0.3) is 0 Å². The van der Waals surface area contributed by atoms with Gasteiger partial charge in [0.05, 0.1) is 17.8 Å². The molecule has 3 aromatic rings. The fourth-order valence-corrected chi connectivity index (χ4v) is 4.73. The van der Waals surface area contributed by atoms with Crippen LogP contribution in [-0.4, -0.2) is 34.7 Å². The molecule has 1 aliphatic heterocycles. The van der Waals surface area contributed by atoms with Gasteiger partial charge in [-0.25, -0.2) is 0 Å². The number of hydrogen-bond donors (Lipinski definition) is 2. The molecule has 0 spiro atoms. The van der Waals surface area contributed by atoms with Crippen molar-refractivity contribution in [2.45, 2.75) is 49.8 Å². The van der Waals surface area contributed by atoms with Gasteiger partial charge in [-0.1, -0.05) is 37.6 Å². The third kappa shape index (κ3) is 4.39. The molecule has 2 N–H and O–H groups in total. The number of para-hydroxylation sites is 1. The van der Waals surface area contributed by atoms with Crippen molar-refractivity contribution in [1.29, 1.82) is 0 Å². The van der Waals surface area contributed by atoms with Crippen molar-refractivity contribution in [3.05, 3.63) is 70.5 Å². The molecule has 2 atom stereocenters. The van der Waals surface area contributed by atoms with E-state index in [4.69, 9.17) is 4.74 Å². The SMILES string of the molecule is CCCC1(CC(O)(/C=N/c2cccc3[nH]c(=O)ccc23)C(F)(F)F)CCOc2ccccc21. The number of alkyl halides is 3. The van der Waals surface area contributed by atoms with Crippen molar-refractivity contribution in [3.8, 4) is 5.75 Å². The summed E-state index contributed by atoms with van der Waals surface area (Å²) >= 11 is 0. The summed E-state index contributed by atoms with van der Waals surface area (Å²) in [5.41, 5.74) is -3.04. The Hall–Kier alpha value is -3.13. The van der Waals surface area contributed by atoms with E-state index >= 15 is 0 Å². The molecule has 0 saturated carbocycles. The topological polar surface area (TPSA) is 74.7 Å². The molecule has 1 aromatic heterocycles. The number of nitrogens with zero attached hydrogens (tertiary/aromatic N) is 1. The van der Waals surface area contributed by atoms with Gasteiger partial charge < -0.3 is 14.8 Å². The van der Waals surface area contributed by atoms with Gasteiger partial charge in [-0.3, -0.25) is 9.79 Å². The zero-order chi connectivity index (χ0) is 23.7. The van der Waals surface area contributed by atoms with Gasteiger partial charge in [-0.15, -0.1) is 0 Å². The Bertz CT molecular complexity index is 1240. The third-order valence-electron chi connectivity index (χ3n) is 6.28. The molecule has 33 heavy (non-hydrogen) atoms. The number of aliphatic imine (C=N–C) groups is 1. The van der Waals surface area contributed by atoms with E-state index in [0.717, 1.165) is 0 Å². The van der Waals surface area contributed by atoms with Crippen LogP contribution in [0.5, 0.6) is 5.75 Å². The molecular formula is C25H25F3N2O3. The highest BCUT2D eigenvalue weighted by Crippen LogP contribution is 2.49. The van der Waals surface area contributed by atoms with Gasteiger partial charge >= 0.3 is 6.18 Å². The van der Waals surface area contributed by atoms with Crippen molar-refractivity contribution in [2.24, 2.45) is 4.99 Å². The highest BCUT2D eigenvalue weighted by Gasteiger charge is 2.57. The predicted molar refractivity (Wildman–Crippen MR) is 121 cm³/mol. The second kappa shape index (κ2) is 8.67. The van der Waals surface area contributed by atoms with Gasteiger partial charge in [0.1, 0.15) is 5.75 Å². The number of hydrogen-bond acceptors (Lipinski definition) is 4. The molecule has 5 nitrogen and oxygen atoms in total. The van der Waals surface area contributed by atoms with E-state index < -0.39 is 23.6 Å². The number of aromatic nitrogens is 1. The highest BCUT2D eigenvalue weighted by atomic mass is 19.4. The van der Waals surface area contributed by atoms with Crippen molar-refractivity contribution < 1.29 is 23.0 Å². The lowest BCUT2D eigenvalue weighted by molar-refractivity contribution is -0.236. The van der Waals surface area contributed by atoms with E-state index in [-0.39, 0.29) is 17.9 Å². The Kier molecular flexibility index (Phi) is 6.05. The number of nitrogens with one attached hydrogen (secondary N) is 1. The van der Waals surface area contributed by atoms with E-state index in [1.165, 1.54) is 12.1 Å². The zero-order valence-corrected chi connectivity index (χ0v) is 18.2. The summed E-state index contributed by atoms with van der Waals surface area (Å²) in [5.74, 6) is 0.552. The lowest BCUT2D eigenvalue weighted by atomic mass is 9.66. The van der Waals surface area contributed by atoms with Gasteiger partial charge in [0.2, 0.25) is 5.56 Å². The normalized spacial score (nSPS) is 20.4. The van der Waals surface area contributed by atoms with Crippen molar-refractivity contribution in [1.82, 2.24) is 4.98 Å². The molecule has 0 radical (unpaired) electrons. The van der Waals surface area contributed by atoms with Gasteiger partial charge in [-0.2, -0.15) is 13.2 Å². The largest absolute Gasteiger partial charge is 0.493 e. The van der Waals surface area contributed by atoms with Crippen LogP contribution in [0.4, 0.5) is 18.9 Å². The first-order valence-electron chi connectivity index (χ1n) is 10.9. The Morgan fingerprint density at radius 2 is 1.94 bits per heavy atom. The number of H-pyrrole nitrogens is 1. The lowest BCUT2D eigenvalue weighted by Crippen LogP contribution is -2.52. The van der Waals surface area contributed by atoms with Crippen molar-refractivity contribution in [3.63, 3.8) is 0 Å². The number of halogens is 3. The zero-order valence-electron chi connectivity index (χ0n) is 18.2. The van der Waals surface area contributed by atoms with Crippen LogP contribution in [0.1, 0.15) is 38.2 Å². The molecule has 174 valence electrons. The molecule has 0 bridgehead atoms. The number of ether oxygens (including phenoxy) is 1. The quantitative estimate of drug-likeness (QED) is 0.484. The molecule has 2 aromatic carbocycles. The predicted octanol–water partition coefficient (Wildman–Crippen LogP) is 5.43. The molecule has 2 heterocycles. The lowest BCUT2D eigenvalue weighted by Gasteiger charge is -2.43. The number of aromatic amines is 1. The Morgan fingerprint density at radius 1 is 1.15 bits per heavy atom. The minimum atomic E-state index is -4.94. The number of rotatable bonds is 6. The molecule has 4 rings (SSSR count). The minimum Gasteiger partial charge on any atom is -0.493 e. The average Bonchev–Trinajstić information content (AvgIpc) is 2.77. The van der Waals surface area contributed by atoms with Crippen molar-refractivity contribution >= 4 is 22.8 Å². The molecular weight excluding hydrogens is 433 g/mol. The maximum absolute atomic E-state index is 14.3. The number of aliphatic hydroxyl groups is 1. The summed E-state index contributed by atoms with van der Waals surface area (Å²) in [4.78, 5) is 18.3. The third-order valence-corrected chi connectivity index (χ3v) is 6.28. The maximum atomic E-state index is 14.3. The average molecular weight is 458 g/mol. The summed E-state index contributed by atoms with van der Waals surface area (Å²) in [7, 11) is 0. The van der Waals surface area contributed by atoms with Crippen LogP contribution in [-0.2, 0) is 5.41 Å².